The molecule has 2 aliphatic rings. The van der Waals surface area contributed by atoms with Crippen LogP contribution in [0.4, 0.5) is 0 Å². The predicted molar refractivity (Wildman–Crippen MR) is 75.0 cm³/mol. The van der Waals surface area contributed by atoms with Crippen molar-refractivity contribution in [2.75, 3.05) is 19.8 Å². The van der Waals surface area contributed by atoms with Crippen molar-refractivity contribution >= 4 is 11.6 Å². The molecule has 1 saturated carbocycles. The van der Waals surface area contributed by atoms with Crippen LogP contribution in [0.1, 0.15) is 24.3 Å². The third-order valence-electron chi connectivity index (χ3n) is 4.38. The standard InChI is InChI=1S/C16H19NO4/c18-14-8-12(11-4-2-1-3-5-11)9-15(19)16(14)13-10-21-7-6-17(13)20/h1-5,12-13,16,20H,6-10H2. The molecule has 1 aliphatic carbocycles. The molecule has 0 spiro atoms. The summed E-state index contributed by atoms with van der Waals surface area (Å²) in [5.41, 5.74) is 1.03. The van der Waals surface area contributed by atoms with Crippen molar-refractivity contribution in [1.82, 2.24) is 5.06 Å². The van der Waals surface area contributed by atoms with Gasteiger partial charge in [-0.1, -0.05) is 30.3 Å². The van der Waals surface area contributed by atoms with Gasteiger partial charge in [-0.2, -0.15) is 5.06 Å². The summed E-state index contributed by atoms with van der Waals surface area (Å²) in [4.78, 5) is 24.8. The Bertz CT molecular complexity index is 512. The van der Waals surface area contributed by atoms with Crippen LogP contribution in [0.5, 0.6) is 0 Å². The molecule has 1 heterocycles. The molecule has 0 bridgehead atoms. The van der Waals surface area contributed by atoms with E-state index in [4.69, 9.17) is 4.74 Å². The van der Waals surface area contributed by atoms with Crippen LogP contribution in [0.3, 0.4) is 0 Å². The molecule has 21 heavy (non-hydrogen) atoms. The van der Waals surface area contributed by atoms with E-state index in [0.29, 0.717) is 26.0 Å². The maximum atomic E-state index is 12.4. The zero-order valence-electron chi connectivity index (χ0n) is 11.8. The normalized spacial score (nSPS) is 31.4. The number of carbonyl (C=O) groups excluding carboxylic acids is 2. The van der Waals surface area contributed by atoms with Crippen molar-refractivity contribution in [2.24, 2.45) is 5.92 Å². The van der Waals surface area contributed by atoms with Crippen molar-refractivity contribution in [1.29, 1.82) is 0 Å². The molecule has 3 rings (SSSR count). The summed E-state index contributed by atoms with van der Waals surface area (Å²) in [6.45, 7) is 0.993. The highest BCUT2D eigenvalue weighted by Crippen LogP contribution is 2.34. The molecule has 1 N–H and O–H groups in total. The maximum absolute atomic E-state index is 12.4. The van der Waals surface area contributed by atoms with Crippen molar-refractivity contribution in [3.63, 3.8) is 0 Å². The van der Waals surface area contributed by atoms with Gasteiger partial charge < -0.3 is 9.94 Å². The number of morpholine rings is 1. The van der Waals surface area contributed by atoms with E-state index in [1.807, 2.05) is 30.3 Å². The van der Waals surface area contributed by atoms with E-state index in [2.05, 4.69) is 0 Å². The number of Topliss-reactive ketones (excluding diaryl/α,β-unsaturated/α-hetero) is 2. The minimum atomic E-state index is -0.754. The van der Waals surface area contributed by atoms with E-state index in [-0.39, 0.29) is 24.1 Å². The van der Waals surface area contributed by atoms with Crippen molar-refractivity contribution in [3.8, 4) is 0 Å². The van der Waals surface area contributed by atoms with E-state index < -0.39 is 12.0 Å². The molecule has 1 atom stereocenters. The number of benzene rings is 1. The lowest BCUT2D eigenvalue weighted by Crippen LogP contribution is -2.53. The minimum absolute atomic E-state index is 0.0425. The van der Waals surface area contributed by atoms with Crippen LogP contribution in [0.25, 0.3) is 0 Å². The Hall–Kier alpha value is -1.56. The molecule has 1 saturated heterocycles. The Morgan fingerprint density at radius 1 is 1.10 bits per heavy atom. The highest BCUT2D eigenvalue weighted by molar-refractivity contribution is 6.06. The van der Waals surface area contributed by atoms with E-state index in [0.717, 1.165) is 10.6 Å². The van der Waals surface area contributed by atoms with Crippen LogP contribution >= 0.6 is 0 Å². The Kier molecular flexibility index (Phi) is 4.14. The summed E-state index contributed by atoms with van der Waals surface area (Å²) in [5.74, 6) is -0.973. The van der Waals surface area contributed by atoms with Gasteiger partial charge in [0.05, 0.1) is 25.2 Å². The number of ketones is 2. The summed E-state index contributed by atoms with van der Waals surface area (Å²) in [6.07, 6.45) is 0.704. The second kappa shape index (κ2) is 6.05. The molecule has 0 radical (unpaired) electrons. The van der Waals surface area contributed by atoms with Crippen LogP contribution < -0.4 is 0 Å². The lowest BCUT2D eigenvalue weighted by molar-refractivity contribution is -0.198. The van der Waals surface area contributed by atoms with Gasteiger partial charge in [0.15, 0.2) is 0 Å². The Morgan fingerprint density at radius 2 is 1.76 bits per heavy atom. The maximum Gasteiger partial charge on any atom is 0.145 e. The zero-order chi connectivity index (χ0) is 14.8. The second-order valence-corrected chi connectivity index (χ2v) is 5.73. The predicted octanol–water partition coefficient (Wildman–Crippen LogP) is 1.41. The second-order valence-electron chi connectivity index (χ2n) is 5.73. The Balaban J connectivity index is 1.76. The summed E-state index contributed by atoms with van der Waals surface area (Å²) < 4.78 is 5.31. The average molecular weight is 289 g/mol. The van der Waals surface area contributed by atoms with Crippen LogP contribution in [-0.2, 0) is 14.3 Å². The fourth-order valence-corrected chi connectivity index (χ4v) is 3.26. The average Bonchev–Trinajstić information content (AvgIpc) is 2.49. The highest BCUT2D eigenvalue weighted by Gasteiger charge is 2.43. The lowest BCUT2D eigenvalue weighted by Gasteiger charge is -2.37. The number of nitrogens with zero attached hydrogens (tertiary/aromatic N) is 1. The fourth-order valence-electron chi connectivity index (χ4n) is 3.26. The number of hydroxylamine groups is 2. The molecule has 0 amide bonds. The molecule has 1 aromatic rings. The van der Waals surface area contributed by atoms with Gasteiger partial charge >= 0.3 is 0 Å². The number of hydrogen-bond acceptors (Lipinski definition) is 5. The lowest BCUT2D eigenvalue weighted by atomic mass is 9.74. The molecule has 5 nitrogen and oxygen atoms in total. The quantitative estimate of drug-likeness (QED) is 0.834. The van der Waals surface area contributed by atoms with Gasteiger partial charge in [0.25, 0.3) is 0 Å². The first kappa shape index (κ1) is 14.4. The van der Waals surface area contributed by atoms with E-state index in [1.165, 1.54) is 0 Å². The molecule has 112 valence electrons. The van der Waals surface area contributed by atoms with Crippen LogP contribution in [0.15, 0.2) is 30.3 Å². The van der Waals surface area contributed by atoms with E-state index in [1.54, 1.807) is 0 Å². The van der Waals surface area contributed by atoms with Crippen LogP contribution in [0.2, 0.25) is 0 Å². The molecule has 0 aromatic heterocycles. The third-order valence-corrected chi connectivity index (χ3v) is 4.38. The fraction of sp³-hybridized carbons (Fsp3) is 0.500. The van der Waals surface area contributed by atoms with Crippen LogP contribution in [0, 0.1) is 5.92 Å². The molecule has 1 aromatic carbocycles. The first-order chi connectivity index (χ1) is 10.2. The summed E-state index contributed by atoms with van der Waals surface area (Å²) in [7, 11) is 0. The number of rotatable bonds is 2. The van der Waals surface area contributed by atoms with Gasteiger partial charge in [0.1, 0.15) is 11.6 Å². The monoisotopic (exact) mass is 289 g/mol. The van der Waals surface area contributed by atoms with Gasteiger partial charge in [-0.05, 0) is 11.5 Å². The number of hydrogen-bond donors (Lipinski definition) is 1. The van der Waals surface area contributed by atoms with Crippen LogP contribution in [-0.4, -0.2) is 47.6 Å². The number of ether oxygens (including phenoxy) is 1. The molecule has 1 unspecified atom stereocenters. The summed E-state index contributed by atoms with van der Waals surface area (Å²) >= 11 is 0. The van der Waals surface area contributed by atoms with Crippen molar-refractivity contribution in [2.45, 2.75) is 24.8 Å². The first-order valence-electron chi connectivity index (χ1n) is 7.30. The van der Waals surface area contributed by atoms with Crippen molar-refractivity contribution < 1.29 is 19.5 Å². The molecular formula is C16H19NO4. The number of carbonyl (C=O) groups is 2. The molecular weight excluding hydrogens is 270 g/mol. The molecule has 2 fully saturated rings. The van der Waals surface area contributed by atoms with Crippen molar-refractivity contribution in [3.05, 3.63) is 35.9 Å². The highest BCUT2D eigenvalue weighted by atomic mass is 16.5. The zero-order valence-corrected chi connectivity index (χ0v) is 11.8. The van der Waals surface area contributed by atoms with E-state index >= 15 is 0 Å². The smallest absolute Gasteiger partial charge is 0.145 e. The molecule has 5 heteroatoms. The minimum Gasteiger partial charge on any atom is -0.378 e. The summed E-state index contributed by atoms with van der Waals surface area (Å²) in [6, 6.07) is 9.13. The largest absolute Gasteiger partial charge is 0.378 e. The molecule has 1 aliphatic heterocycles. The van der Waals surface area contributed by atoms with E-state index in [9.17, 15) is 14.8 Å². The summed E-state index contributed by atoms with van der Waals surface area (Å²) in [5, 5.41) is 11.0. The Labute approximate surface area is 123 Å². The Morgan fingerprint density at radius 3 is 2.38 bits per heavy atom. The van der Waals surface area contributed by atoms with Gasteiger partial charge in [-0.3, -0.25) is 9.59 Å². The van der Waals surface area contributed by atoms with Gasteiger partial charge in [0.2, 0.25) is 0 Å². The third kappa shape index (κ3) is 2.90. The van der Waals surface area contributed by atoms with Gasteiger partial charge in [-0.25, -0.2) is 0 Å². The topological polar surface area (TPSA) is 66.8 Å². The van der Waals surface area contributed by atoms with Gasteiger partial charge in [0, 0.05) is 19.4 Å². The van der Waals surface area contributed by atoms with Gasteiger partial charge in [-0.15, -0.1) is 0 Å². The SMILES string of the molecule is O=C1CC(c2ccccc2)CC(=O)C1C1COCCN1O. The first-order valence-corrected chi connectivity index (χ1v) is 7.30.